The molecule has 0 unspecified atom stereocenters. The van der Waals surface area contributed by atoms with Crippen LogP contribution >= 0.6 is 0 Å². The van der Waals surface area contributed by atoms with Gasteiger partial charge in [0.2, 0.25) is 0 Å². The third kappa shape index (κ3) is 2.32. The van der Waals surface area contributed by atoms with E-state index < -0.39 is 29.7 Å². The molecule has 7 heteroatoms. The van der Waals surface area contributed by atoms with Gasteiger partial charge in [-0.05, 0) is 17.7 Å². The molecule has 17 heavy (non-hydrogen) atoms. The highest BCUT2D eigenvalue weighted by molar-refractivity contribution is 5.70. The van der Waals surface area contributed by atoms with Gasteiger partial charge >= 0.3 is 12.3 Å². The molecule has 3 nitrogen and oxygen atoms in total. The molecule has 1 N–H and O–H groups in total. The molecule has 92 valence electrons. The van der Waals surface area contributed by atoms with Gasteiger partial charge in [-0.3, -0.25) is 0 Å². The Bertz CT molecular complexity index is 458. The summed E-state index contributed by atoms with van der Waals surface area (Å²) in [4.78, 5) is 10.7. The van der Waals surface area contributed by atoms with Crippen molar-refractivity contribution in [2.24, 2.45) is 0 Å². The van der Waals surface area contributed by atoms with Crippen LogP contribution < -0.4 is 5.32 Å². The first-order valence-electron chi connectivity index (χ1n) is 4.68. The fraction of sp³-hybridized carbons (Fsp3) is 0.300. The summed E-state index contributed by atoms with van der Waals surface area (Å²) >= 11 is 0. The van der Waals surface area contributed by atoms with Crippen LogP contribution in [0.15, 0.2) is 18.2 Å². The highest BCUT2D eigenvalue weighted by atomic mass is 19.4. The maximum absolute atomic E-state index is 13.2. The summed E-state index contributed by atoms with van der Waals surface area (Å²) in [7, 11) is 0. The largest absolute Gasteiger partial charge is 0.447 e. The Morgan fingerprint density at radius 2 is 2.06 bits per heavy atom. The number of nitrogens with one attached hydrogen (secondary N) is 1. The summed E-state index contributed by atoms with van der Waals surface area (Å²) in [6, 6.07) is 1.91. The fourth-order valence-corrected chi connectivity index (χ4v) is 1.54. The first-order valence-corrected chi connectivity index (χ1v) is 4.68. The third-order valence-corrected chi connectivity index (χ3v) is 2.37. The van der Waals surface area contributed by atoms with E-state index >= 15 is 0 Å². The fourth-order valence-electron chi connectivity index (χ4n) is 1.54. The minimum atomic E-state index is -4.72. The topological polar surface area (TPSA) is 38.3 Å². The Balaban J connectivity index is 2.28. The SMILES string of the molecule is O=C1N[C@H](c2ccc(C(F)(F)F)c(F)c2)CO1. The van der Waals surface area contributed by atoms with Crippen molar-refractivity contribution < 1.29 is 27.1 Å². The molecule has 1 aliphatic heterocycles. The summed E-state index contributed by atoms with van der Waals surface area (Å²) in [6.07, 6.45) is -5.40. The van der Waals surface area contributed by atoms with Crippen molar-refractivity contribution in [2.75, 3.05) is 6.61 Å². The molecule has 2 rings (SSSR count). The first-order chi connectivity index (χ1) is 7.88. The lowest BCUT2D eigenvalue weighted by Gasteiger charge is -2.11. The number of benzene rings is 1. The highest BCUT2D eigenvalue weighted by Gasteiger charge is 2.34. The van der Waals surface area contributed by atoms with Crippen LogP contribution in [0, 0.1) is 5.82 Å². The maximum Gasteiger partial charge on any atom is 0.419 e. The van der Waals surface area contributed by atoms with E-state index in [0.29, 0.717) is 6.07 Å². The Morgan fingerprint density at radius 3 is 2.53 bits per heavy atom. The van der Waals surface area contributed by atoms with Crippen molar-refractivity contribution in [3.8, 4) is 0 Å². The van der Waals surface area contributed by atoms with Gasteiger partial charge in [0.1, 0.15) is 12.4 Å². The van der Waals surface area contributed by atoms with E-state index in [1.54, 1.807) is 0 Å². The summed E-state index contributed by atoms with van der Waals surface area (Å²) in [5.74, 6) is -1.36. The molecule has 0 saturated carbocycles. The van der Waals surface area contributed by atoms with Gasteiger partial charge in [0.05, 0.1) is 11.6 Å². The Kier molecular flexibility index (Phi) is 2.68. The van der Waals surface area contributed by atoms with Crippen molar-refractivity contribution >= 4 is 6.09 Å². The van der Waals surface area contributed by atoms with Gasteiger partial charge in [-0.2, -0.15) is 13.2 Å². The van der Waals surface area contributed by atoms with Crippen molar-refractivity contribution in [1.82, 2.24) is 5.32 Å². The Hall–Kier alpha value is -1.79. The predicted octanol–water partition coefficient (Wildman–Crippen LogP) is 2.63. The first kappa shape index (κ1) is 11.7. The average molecular weight is 249 g/mol. The number of carbonyl (C=O) groups excluding carboxylic acids is 1. The predicted molar refractivity (Wildman–Crippen MR) is 48.6 cm³/mol. The van der Waals surface area contributed by atoms with Crippen molar-refractivity contribution in [3.05, 3.63) is 35.1 Å². The standard InChI is InChI=1S/C10H7F4NO2/c11-7-3-5(8-4-17-9(16)15-8)1-2-6(7)10(12,13)14/h1-3,8H,4H2,(H,15,16)/t8-/m0/s1. The van der Waals surface area contributed by atoms with Gasteiger partial charge in [-0.1, -0.05) is 6.07 Å². The van der Waals surface area contributed by atoms with Gasteiger partial charge < -0.3 is 10.1 Å². The molecule has 1 aliphatic rings. The number of ether oxygens (including phenoxy) is 1. The van der Waals surface area contributed by atoms with E-state index in [4.69, 9.17) is 0 Å². The van der Waals surface area contributed by atoms with Crippen LogP contribution in [-0.2, 0) is 10.9 Å². The summed E-state index contributed by atoms with van der Waals surface area (Å²) in [5.41, 5.74) is -1.09. The molecule has 0 aliphatic carbocycles. The van der Waals surface area contributed by atoms with Crippen LogP contribution in [0.5, 0.6) is 0 Å². The number of amides is 1. The molecule has 1 atom stereocenters. The molecule has 0 bridgehead atoms. The van der Waals surface area contributed by atoms with E-state index in [-0.39, 0.29) is 12.2 Å². The molecule has 1 saturated heterocycles. The number of hydrogen-bond donors (Lipinski definition) is 1. The molecular formula is C10H7F4NO2. The van der Waals surface area contributed by atoms with E-state index in [1.807, 2.05) is 0 Å². The van der Waals surface area contributed by atoms with Crippen LogP contribution in [0.25, 0.3) is 0 Å². The lowest BCUT2D eigenvalue weighted by Crippen LogP contribution is -2.19. The van der Waals surface area contributed by atoms with Crippen LogP contribution in [-0.4, -0.2) is 12.7 Å². The number of rotatable bonds is 1. The summed E-state index contributed by atoms with van der Waals surface area (Å²) < 4.78 is 54.6. The lowest BCUT2D eigenvalue weighted by molar-refractivity contribution is -0.140. The number of cyclic esters (lactones) is 1. The molecule has 1 heterocycles. The van der Waals surface area contributed by atoms with Crippen LogP contribution in [0.3, 0.4) is 0 Å². The van der Waals surface area contributed by atoms with Crippen molar-refractivity contribution in [1.29, 1.82) is 0 Å². The molecule has 1 aromatic carbocycles. The van der Waals surface area contributed by atoms with E-state index in [9.17, 15) is 22.4 Å². The second-order valence-corrected chi connectivity index (χ2v) is 3.53. The second-order valence-electron chi connectivity index (χ2n) is 3.53. The number of alkyl halides is 3. The van der Waals surface area contributed by atoms with Gasteiger partial charge in [0.25, 0.3) is 0 Å². The molecule has 1 aromatic rings. The van der Waals surface area contributed by atoms with Gasteiger partial charge in [-0.25, -0.2) is 9.18 Å². The number of hydrogen-bond acceptors (Lipinski definition) is 2. The zero-order chi connectivity index (χ0) is 12.6. The second kappa shape index (κ2) is 3.90. The quantitative estimate of drug-likeness (QED) is 0.777. The molecule has 1 amide bonds. The average Bonchev–Trinajstić information content (AvgIpc) is 2.62. The molecule has 1 fully saturated rings. The van der Waals surface area contributed by atoms with Crippen molar-refractivity contribution in [3.63, 3.8) is 0 Å². The molecule has 0 aromatic heterocycles. The maximum atomic E-state index is 13.2. The normalized spacial score (nSPS) is 20.0. The van der Waals surface area contributed by atoms with Gasteiger partial charge in [0, 0.05) is 0 Å². The van der Waals surface area contributed by atoms with Crippen LogP contribution in [0.4, 0.5) is 22.4 Å². The zero-order valence-electron chi connectivity index (χ0n) is 8.34. The van der Waals surface area contributed by atoms with Crippen molar-refractivity contribution in [2.45, 2.75) is 12.2 Å². The molecular weight excluding hydrogens is 242 g/mol. The van der Waals surface area contributed by atoms with E-state index in [1.165, 1.54) is 0 Å². The lowest BCUT2D eigenvalue weighted by atomic mass is 10.1. The van der Waals surface area contributed by atoms with E-state index in [0.717, 1.165) is 12.1 Å². The van der Waals surface area contributed by atoms with Crippen LogP contribution in [0.1, 0.15) is 17.2 Å². The monoisotopic (exact) mass is 249 g/mol. The minimum absolute atomic E-state index is 0.0242. The molecule has 0 radical (unpaired) electrons. The number of halogens is 4. The molecule has 0 spiro atoms. The number of carbonyl (C=O) groups is 1. The Labute approximate surface area is 93.4 Å². The van der Waals surface area contributed by atoms with Crippen LogP contribution in [0.2, 0.25) is 0 Å². The van der Waals surface area contributed by atoms with Gasteiger partial charge in [-0.15, -0.1) is 0 Å². The Morgan fingerprint density at radius 1 is 1.35 bits per heavy atom. The number of alkyl carbamates (subject to hydrolysis) is 1. The van der Waals surface area contributed by atoms with E-state index in [2.05, 4.69) is 10.1 Å². The minimum Gasteiger partial charge on any atom is -0.447 e. The third-order valence-electron chi connectivity index (χ3n) is 2.37. The summed E-state index contributed by atoms with van der Waals surface area (Å²) in [5, 5.41) is 2.35. The smallest absolute Gasteiger partial charge is 0.419 e. The highest BCUT2D eigenvalue weighted by Crippen LogP contribution is 2.32. The summed E-state index contributed by atoms with van der Waals surface area (Å²) in [6.45, 7) is -0.0242. The zero-order valence-corrected chi connectivity index (χ0v) is 8.34. The van der Waals surface area contributed by atoms with Gasteiger partial charge in [0.15, 0.2) is 0 Å².